The van der Waals surface area contributed by atoms with Gasteiger partial charge in [-0.15, -0.1) is 0 Å². The van der Waals surface area contributed by atoms with Crippen molar-refractivity contribution in [2.45, 2.75) is 6.42 Å². The van der Waals surface area contributed by atoms with Crippen molar-refractivity contribution < 1.29 is 4.79 Å². The summed E-state index contributed by atoms with van der Waals surface area (Å²) in [6, 6.07) is 11.4. The summed E-state index contributed by atoms with van der Waals surface area (Å²) in [5, 5.41) is 2.89. The maximum atomic E-state index is 12.0. The highest BCUT2D eigenvalue weighted by Gasteiger charge is 2.05. The number of halogens is 1. The molecule has 2 heterocycles. The van der Waals surface area contributed by atoms with Gasteiger partial charge in [-0.25, -0.2) is 4.98 Å². The fraction of sp³-hybridized carbons (Fsp3) is 0.0667. The fourth-order valence-electron chi connectivity index (χ4n) is 1.99. The number of anilines is 1. The van der Waals surface area contributed by atoms with Crippen LogP contribution in [0, 0.1) is 0 Å². The second-order valence-electron chi connectivity index (χ2n) is 4.46. The molecule has 0 atom stereocenters. The molecule has 0 radical (unpaired) electrons. The minimum atomic E-state index is -0.0354. The number of carbonyl (C=O) groups is 1. The van der Waals surface area contributed by atoms with Gasteiger partial charge in [0.2, 0.25) is 5.91 Å². The summed E-state index contributed by atoms with van der Waals surface area (Å²) >= 11 is 3.38. The largest absolute Gasteiger partial charge is 0.324 e. The Morgan fingerprint density at radius 1 is 1.20 bits per heavy atom. The average Bonchev–Trinajstić information content (AvgIpc) is 2.89. The second-order valence-corrected chi connectivity index (χ2v) is 5.38. The molecule has 0 unspecified atom stereocenters. The van der Waals surface area contributed by atoms with Crippen LogP contribution in [0.3, 0.4) is 0 Å². The van der Waals surface area contributed by atoms with E-state index in [2.05, 4.69) is 26.2 Å². The lowest BCUT2D eigenvalue weighted by Crippen LogP contribution is -2.14. The highest BCUT2D eigenvalue weighted by atomic mass is 79.9. The summed E-state index contributed by atoms with van der Waals surface area (Å²) in [6.45, 7) is 0. The van der Waals surface area contributed by atoms with Crippen LogP contribution in [0.5, 0.6) is 0 Å². The van der Waals surface area contributed by atoms with E-state index in [-0.39, 0.29) is 5.91 Å². The Morgan fingerprint density at radius 2 is 2.00 bits per heavy atom. The van der Waals surface area contributed by atoms with E-state index in [9.17, 15) is 4.79 Å². The van der Waals surface area contributed by atoms with Gasteiger partial charge in [0.05, 0.1) is 12.1 Å². The van der Waals surface area contributed by atoms with E-state index in [0.717, 1.165) is 21.4 Å². The number of benzene rings is 1. The van der Waals surface area contributed by atoms with Crippen LogP contribution in [0.2, 0.25) is 0 Å². The van der Waals surface area contributed by atoms with Crippen LogP contribution in [0.25, 0.3) is 5.65 Å². The van der Waals surface area contributed by atoms with E-state index in [0.29, 0.717) is 6.42 Å². The summed E-state index contributed by atoms with van der Waals surface area (Å²) in [7, 11) is 0. The predicted molar refractivity (Wildman–Crippen MR) is 81.7 cm³/mol. The van der Waals surface area contributed by atoms with Crippen LogP contribution in [0.4, 0.5) is 5.69 Å². The van der Waals surface area contributed by atoms with Crippen LogP contribution in [0.15, 0.2) is 59.5 Å². The first-order chi connectivity index (χ1) is 9.70. The van der Waals surface area contributed by atoms with Crippen molar-refractivity contribution in [3.8, 4) is 0 Å². The van der Waals surface area contributed by atoms with Crippen LogP contribution in [-0.2, 0) is 11.2 Å². The number of aromatic nitrogens is 2. The third-order valence-corrected chi connectivity index (χ3v) is 3.48. The fourth-order valence-corrected chi connectivity index (χ4v) is 2.25. The molecule has 5 heteroatoms. The van der Waals surface area contributed by atoms with E-state index in [4.69, 9.17) is 0 Å². The third kappa shape index (κ3) is 2.88. The topological polar surface area (TPSA) is 46.4 Å². The van der Waals surface area contributed by atoms with Crippen molar-refractivity contribution in [2.24, 2.45) is 0 Å². The van der Waals surface area contributed by atoms with Gasteiger partial charge < -0.3 is 9.72 Å². The van der Waals surface area contributed by atoms with Gasteiger partial charge in [0, 0.05) is 23.1 Å². The number of amides is 1. The lowest BCUT2D eigenvalue weighted by molar-refractivity contribution is -0.115. The van der Waals surface area contributed by atoms with E-state index in [1.807, 2.05) is 53.2 Å². The molecule has 0 aliphatic carbocycles. The molecule has 3 rings (SSSR count). The number of carbonyl (C=O) groups excluding carboxylic acids is 1. The molecule has 0 spiro atoms. The van der Waals surface area contributed by atoms with Gasteiger partial charge in [0.1, 0.15) is 5.65 Å². The van der Waals surface area contributed by atoms with Crippen molar-refractivity contribution in [1.29, 1.82) is 0 Å². The SMILES string of the molecule is O=C(Cc1ccc(Br)cc1)Nc1ccc2nccn2c1. The van der Waals surface area contributed by atoms with Crippen molar-refractivity contribution in [2.75, 3.05) is 5.32 Å². The van der Waals surface area contributed by atoms with Crippen molar-refractivity contribution in [3.05, 3.63) is 65.0 Å². The zero-order chi connectivity index (χ0) is 13.9. The molecule has 0 fully saturated rings. The van der Waals surface area contributed by atoms with Crippen molar-refractivity contribution in [3.63, 3.8) is 0 Å². The third-order valence-electron chi connectivity index (χ3n) is 2.95. The first-order valence-corrected chi connectivity index (χ1v) is 6.97. The second kappa shape index (κ2) is 5.46. The molecule has 1 N–H and O–H groups in total. The Hall–Kier alpha value is -2.14. The molecule has 1 amide bonds. The zero-order valence-electron chi connectivity index (χ0n) is 10.6. The van der Waals surface area contributed by atoms with E-state index in [1.54, 1.807) is 6.20 Å². The summed E-state index contributed by atoms with van der Waals surface area (Å²) in [5.41, 5.74) is 2.60. The smallest absolute Gasteiger partial charge is 0.228 e. The van der Waals surface area contributed by atoms with Crippen LogP contribution in [0.1, 0.15) is 5.56 Å². The first kappa shape index (κ1) is 12.9. The van der Waals surface area contributed by atoms with Crippen molar-refractivity contribution >= 4 is 33.2 Å². The van der Waals surface area contributed by atoms with Gasteiger partial charge in [-0.2, -0.15) is 0 Å². The Labute approximate surface area is 124 Å². The maximum Gasteiger partial charge on any atom is 0.228 e. The number of hydrogen-bond donors (Lipinski definition) is 1. The zero-order valence-corrected chi connectivity index (χ0v) is 12.2. The molecule has 20 heavy (non-hydrogen) atoms. The molecule has 0 saturated carbocycles. The lowest BCUT2D eigenvalue weighted by atomic mass is 10.1. The number of fused-ring (bicyclic) bond motifs is 1. The standard InChI is InChI=1S/C15H12BrN3O/c16-12-3-1-11(2-4-12)9-15(20)18-13-5-6-14-17-7-8-19(14)10-13/h1-8,10H,9H2,(H,18,20). The number of hydrogen-bond acceptors (Lipinski definition) is 2. The molecular weight excluding hydrogens is 318 g/mol. The Kier molecular flexibility index (Phi) is 3.52. The molecule has 0 aliphatic rings. The van der Waals surface area contributed by atoms with Gasteiger partial charge in [-0.1, -0.05) is 28.1 Å². The summed E-state index contributed by atoms with van der Waals surface area (Å²) in [5.74, 6) is -0.0354. The molecule has 100 valence electrons. The van der Waals surface area contributed by atoms with Gasteiger partial charge >= 0.3 is 0 Å². The highest BCUT2D eigenvalue weighted by Crippen LogP contribution is 2.13. The molecule has 3 aromatic rings. The number of nitrogens with one attached hydrogen (secondary N) is 1. The lowest BCUT2D eigenvalue weighted by Gasteiger charge is -2.06. The predicted octanol–water partition coefficient (Wildman–Crippen LogP) is 3.28. The van der Waals surface area contributed by atoms with Gasteiger partial charge in [0.15, 0.2) is 0 Å². The average molecular weight is 330 g/mol. The van der Waals surface area contributed by atoms with Crippen LogP contribution >= 0.6 is 15.9 Å². The molecule has 0 bridgehead atoms. The summed E-state index contributed by atoms with van der Waals surface area (Å²) in [4.78, 5) is 16.2. The first-order valence-electron chi connectivity index (χ1n) is 6.18. The molecule has 2 aromatic heterocycles. The number of nitrogens with zero attached hydrogens (tertiary/aromatic N) is 2. The Bertz CT molecular complexity index is 749. The van der Waals surface area contributed by atoms with E-state index < -0.39 is 0 Å². The van der Waals surface area contributed by atoms with Gasteiger partial charge in [-0.05, 0) is 29.8 Å². The van der Waals surface area contributed by atoms with Gasteiger partial charge in [-0.3, -0.25) is 4.79 Å². The monoisotopic (exact) mass is 329 g/mol. The number of pyridine rings is 1. The summed E-state index contributed by atoms with van der Waals surface area (Å²) in [6.07, 6.45) is 5.78. The Balaban J connectivity index is 1.70. The molecule has 4 nitrogen and oxygen atoms in total. The van der Waals surface area contributed by atoms with Crippen molar-refractivity contribution in [1.82, 2.24) is 9.38 Å². The van der Waals surface area contributed by atoms with E-state index in [1.165, 1.54) is 0 Å². The molecule has 0 saturated heterocycles. The maximum absolute atomic E-state index is 12.0. The van der Waals surface area contributed by atoms with Gasteiger partial charge in [0.25, 0.3) is 0 Å². The number of imidazole rings is 1. The Morgan fingerprint density at radius 3 is 2.80 bits per heavy atom. The van der Waals surface area contributed by atoms with Crippen LogP contribution < -0.4 is 5.32 Å². The molecule has 0 aliphatic heterocycles. The van der Waals surface area contributed by atoms with E-state index >= 15 is 0 Å². The minimum Gasteiger partial charge on any atom is -0.324 e. The molecule has 1 aromatic carbocycles. The van der Waals surface area contributed by atoms with Crippen LogP contribution in [-0.4, -0.2) is 15.3 Å². The quantitative estimate of drug-likeness (QED) is 0.801. The minimum absolute atomic E-state index is 0.0354. The number of rotatable bonds is 3. The normalized spacial score (nSPS) is 10.7. The summed E-state index contributed by atoms with van der Waals surface area (Å²) < 4.78 is 2.88. The molecular formula is C15H12BrN3O. The highest BCUT2D eigenvalue weighted by molar-refractivity contribution is 9.10.